The Morgan fingerprint density at radius 2 is 0.708 bits per heavy atom. The van der Waals surface area contributed by atoms with E-state index in [1.165, 1.54) is 24.8 Å². The van der Waals surface area contributed by atoms with Gasteiger partial charge in [0.05, 0.1) is 20.9 Å². The maximum absolute atomic E-state index is 12.6. The summed E-state index contributed by atoms with van der Waals surface area (Å²) >= 11 is 0. The molecule has 2 heterocycles. The van der Waals surface area contributed by atoms with Crippen molar-refractivity contribution in [1.82, 2.24) is 7.94 Å². The highest BCUT2D eigenvalue weighted by atomic mass is 32.2. The molecule has 4 aromatic carbocycles. The van der Waals surface area contributed by atoms with Gasteiger partial charge in [-0.15, -0.1) is 0 Å². The number of nitrogens with zero attached hydrogens (tertiary/aromatic N) is 2. The van der Waals surface area contributed by atoms with Crippen molar-refractivity contribution in [2.75, 3.05) is 0 Å². The minimum Gasteiger partial charge on any atom is -0.248 e. The molecule has 0 aliphatic carbocycles. The molecule has 14 heteroatoms. The Labute approximate surface area is 272 Å². The molecule has 6 aromatic rings. The lowest BCUT2D eigenvalue weighted by atomic mass is 10.1. The Balaban J connectivity index is 0.000000188. The van der Waals surface area contributed by atoms with Crippen LogP contribution in [0.15, 0.2) is 156 Å². The summed E-state index contributed by atoms with van der Waals surface area (Å²) < 4.78 is 128. The van der Waals surface area contributed by atoms with Crippen LogP contribution in [0.25, 0.3) is 22.3 Å². The summed E-state index contributed by atoms with van der Waals surface area (Å²) in [7, 11) is -7.88. The van der Waals surface area contributed by atoms with E-state index in [1.807, 2.05) is 60.7 Å². The first kappa shape index (κ1) is 34.3. The molecular weight excluding hydrogens is 679 g/mol. The van der Waals surface area contributed by atoms with E-state index < -0.39 is 43.5 Å². The predicted molar refractivity (Wildman–Crippen MR) is 168 cm³/mol. The Bertz CT molecular complexity index is 2050. The second-order valence-electron chi connectivity index (χ2n) is 10.2. The molecular formula is C34H24F6N2O4S2. The van der Waals surface area contributed by atoms with Crippen molar-refractivity contribution in [2.45, 2.75) is 22.1 Å². The van der Waals surface area contributed by atoms with Crippen molar-refractivity contribution in [3.63, 3.8) is 0 Å². The molecule has 0 unspecified atom stereocenters. The monoisotopic (exact) mass is 702 g/mol. The first-order valence-electron chi connectivity index (χ1n) is 13.9. The van der Waals surface area contributed by atoms with E-state index >= 15 is 0 Å². The van der Waals surface area contributed by atoms with E-state index in [0.717, 1.165) is 67.6 Å². The van der Waals surface area contributed by atoms with E-state index in [2.05, 4.69) is 0 Å². The standard InChI is InChI=1S/2C17H12F3NO2S/c2*18-17(19,20)15-6-8-16(9-7-15)24(22,23)21-11-10-14(12-21)13-4-2-1-3-5-13/h2*1-12H. The first-order valence-corrected chi connectivity index (χ1v) is 16.8. The molecule has 0 bridgehead atoms. The average molecular weight is 703 g/mol. The highest BCUT2D eigenvalue weighted by molar-refractivity contribution is 7.90. The van der Waals surface area contributed by atoms with Crippen molar-refractivity contribution in [3.8, 4) is 22.3 Å². The van der Waals surface area contributed by atoms with Gasteiger partial charge in [-0.05, 0) is 71.8 Å². The molecule has 0 atom stereocenters. The Morgan fingerprint density at radius 1 is 0.396 bits per heavy atom. The van der Waals surface area contributed by atoms with Crippen LogP contribution in [0.4, 0.5) is 26.3 Å². The van der Waals surface area contributed by atoms with Gasteiger partial charge in [0.1, 0.15) is 0 Å². The van der Waals surface area contributed by atoms with Gasteiger partial charge in [-0.2, -0.15) is 26.3 Å². The van der Waals surface area contributed by atoms with Gasteiger partial charge in [0.2, 0.25) is 0 Å². The number of aromatic nitrogens is 2. The largest absolute Gasteiger partial charge is 0.416 e. The molecule has 0 aliphatic rings. The lowest BCUT2D eigenvalue weighted by molar-refractivity contribution is -0.138. The number of alkyl halides is 6. The summed E-state index contributed by atoms with van der Waals surface area (Å²) in [6.07, 6.45) is -3.40. The Kier molecular flexibility index (Phi) is 9.42. The molecule has 0 spiro atoms. The third-order valence-electron chi connectivity index (χ3n) is 7.06. The number of hydrogen-bond acceptors (Lipinski definition) is 4. The van der Waals surface area contributed by atoms with Crippen molar-refractivity contribution >= 4 is 20.0 Å². The number of rotatable bonds is 6. The average Bonchev–Trinajstić information content (AvgIpc) is 3.78. The zero-order chi connectivity index (χ0) is 34.7. The molecule has 2 aromatic heterocycles. The van der Waals surface area contributed by atoms with Gasteiger partial charge in [0, 0.05) is 35.9 Å². The lowest BCUT2D eigenvalue weighted by Gasteiger charge is -2.09. The molecule has 0 fully saturated rings. The zero-order valence-corrected chi connectivity index (χ0v) is 26.1. The van der Waals surface area contributed by atoms with Gasteiger partial charge in [0.25, 0.3) is 20.0 Å². The fourth-order valence-corrected chi connectivity index (χ4v) is 6.92. The van der Waals surface area contributed by atoms with Gasteiger partial charge in [-0.25, -0.2) is 24.8 Å². The summed E-state index contributed by atoms with van der Waals surface area (Å²) in [4.78, 5) is -0.406. The summed E-state index contributed by atoms with van der Waals surface area (Å²) in [5, 5.41) is 0. The van der Waals surface area contributed by atoms with E-state index in [0.29, 0.717) is 11.1 Å². The minimum absolute atomic E-state index is 0.203. The number of benzene rings is 4. The van der Waals surface area contributed by atoms with Crippen LogP contribution in [0.2, 0.25) is 0 Å². The van der Waals surface area contributed by atoms with E-state index in [-0.39, 0.29) is 9.79 Å². The van der Waals surface area contributed by atoms with Gasteiger partial charge >= 0.3 is 12.4 Å². The van der Waals surface area contributed by atoms with Crippen LogP contribution < -0.4 is 0 Å². The van der Waals surface area contributed by atoms with Crippen molar-refractivity contribution < 1.29 is 43.2 Å². The lowest BCUT2D eigenvalue weighted by Crippen LogP contribution is -2.12. The normalized spacial score (nSPS) is 12.3. The third-order valence-corrected chi connectivity index (χ3v) is 10.4. The van der Waals surface area contributed by atoms with Crippen LogP contribution in [-0.2, 0) is 32.4 Å². The zero-order valence-electron chi connectivity index (χ0n) is 24.5. The number of halogens is 6. The van der Waals surface area contributed by atoms with Gasteiger partial charge < -0.3 is 0 Å². The van der Waals surface area contributed by atoms with Crippen LogP contribution in [0.3, 0.4) is 0 Å². The molecule has 248 valence electrons. The molecule has 0 radical (unpaired) electrons. The van der Waals surface area contributed by atoms with Crippen molar-refractivity contribution in [1.29, 1.82) is 0 Å². The molecule has 6 nitrogen and oxygen atoms in total. The molecule has 0 aliphatic heterocycles. The predicted octanol–water partition coefficient (Wildman–Crippen LogP) is 8.82. The Hall–Kier alpha value is -5.08. The molecule has 0 amide bonds. The maximum atomic E-state index is 12.6. The van der Waals surface area contributed by atoms with E-state index in [4.69, 9.17) is 0 Å². The fraction of sp³-hybridized carbons (Fsp3) is 0.0588. The Morgan fingerprint density at radius 3 is 1.00 bits per heavy atom. The number of hydrogen-bond donors (Lipinski definition) is 0. The SMILES string of the molecule is O=S(=O)(c1ccc(C(F)(F)F)cc1)n1ccc(-c2ccccc2)c1.O=S(=O)(c1ccc(C(F)(F)F)cc1)n1ccc(-c2ccccc2)c1. The molecule has 0 saturated carbocycles. The smallest absolute Gasteiger partial charge is 0.248 e. The van der Waals surface area contributed by atoms with E-state index in [9.17, 15) is 43.2 Å². The molecule has 6 rings (SSSR count). The minimum atomic E-state index is -4.50. The van der Waals surface area contributed by atoms with Crippen LogP contribution in [0.1, 0.15) is 11.1 Å². The van der Waals surface area contributed by atoms with Crippen LogP contribution in [0.5, 0.6) is 0 Å². The highest BCUT2D eigenvalue weighted by Gasteiger charge is 2.32. The molecule has 48 heavy (non-hydrogen) atoms. The second kappa shape index (κ2) is 13.2. The van der Waals surface area contributed by atoms with Crippen molar-refractivity contribution in [3.05, 3.63) is 157 Å². The highest BCUT2D eigenvalue weighted by Crippen LogP contribution is 2.32. The molecule has 0 saturated heterocycles. The van der Waals surface area contributed by atoms with Gasteiger partial charge in [0.15, 0.2) is 0 Å². The van der Waals surface area contributed by atoms with Gasteiger partial charge in [-0.1, -0.05) is 60.7 Å². The first-order chi connectivity index (χ1) is 22.6. The topological polar surface area (TPSA) is 78.1 Å². The third kappa shape index (κ3) is 7.55. The van der Waals surface area contributed by atoms with Gasteiger partial charge in [-0.3, -0.25) is 0 Å². The van der Waals surface area contributed by atoms with Crippen LogP contribution >= 0.6 is 0 Å². The van der Waals surface area contributed by atoms with Crippen molar-refractivity contribution in [2.24, 2.45) is 0 Å². The summed E-state index contributed by atoms with van der Waals surface area (Å²) in [6, 6.07) is 28.5. The van der Waals surface area contributed by atoms with E-state index in [1.54, 1.807) is 12.1 Å². The summed E-state index contributed by atoms with van der Waals surface area (Å²) in [5.41, 5.74) is 1.31. The molecule has 0 N–H and O–H groups in total. The summed E-state index contributed by atoms with van der Waals surface area (Å²) in [6.45, 7) is 0. The van der Waals surface area contributed by atoms with Crippen LogP contribution in [0, 0.1) is 0 Å². The quantitative estimate of drug-likeness (QED) is 0.163. The second-order valence-corrected chi connectivity index (χ2v) is 13.9. The summed E-state index contributed by atoms with van der Waals surface area (Å²) in [5.74, 6) is 0. The fourth-order valence-electron chi connectivity index (χ4n) is 4.53. The maximum Gasteiger partial charge on any atom is 0.416 e. The van der Waals surface area contributed by atoms with Crippen LogP contribution in [-0.4, -0.2) is 24.8 Å².